The molecule has 6 nitrogen and oxygen atoms in total. The zero-order valence-corrected chi connectivity index (χ0v) is 17.7. The van der Waals surface area contributed by atoms with Gasteiger partial charge in [-0.2, -0.15) is 0 Å². The maximum absolute atomic E-state index is 13.8. The predicted octanol–water partition coefficient (Wildman–Crippen LogP) is 2.79. The zero-order chi connectivity index (χ0) is 21.4. The second-order valence-corrected chi connectivity index (χ2v) is 10.0. The summed E-state index contributed by atoms with van der Waals surface area (Å²) in [6.45, 7) is 1.76. The van der Waals surface area contributed by atoms with Crippen LogP contribution in [0, 0.1) is 11.2 Å². The third kappa shape index (κ3) is 3.94. The van der Waals surface area contributed by atoms with Gasteiger partial charge in [-0.15, -0.1) is 0 Å². The first kappa shape index (κ1) is 20.8. The molecular weight excluding hydrogens is 407 g/mol. The molecule has 160 valence electrons. The average molecular weight is 433 g/mol. The van der Waals surface area contributed by atoms with Crippen LogP contribution >= 0.6 is 0 Å². The van der Waals surface area contributed by atoms with E-state index < -0.39 is 21.3 Å². The highest BCUT2D eigenvalue weighted by Gasteiger charge is 2.53. The lowest BCUT2D eigenvalue weighted by Crippen LogP contribution is -2.64. The number of ether oxygens (including phenoxy) is 1. The standard InChI is InChI=1S/C22H25FN2O4S/c1-29-19-8-6-17(7-9-19)14-24-16-22(21(24)26)10-12-25(13-11-22)30(27,28)15-18-4-2-3-5-20(18)23/h2-9H,10-16H2,1H3. The summed E-state index contributed by atoms with van der Waals surface area (Å²) < 4.78 is 45.8. The van der Waals surface area contributed by atoms with Crippen LogP contribution in [0.5, 0.6) is 5.75 Å². The van der Waals surface area contributed by atoms with E-state index in [0.29, 0.717) is 39.0 Å². The van der Waals surface area contributed by atoms with Gasteiger partial charge in [0.2, 0.25) is 15.9 Å². The van der Waals surface area contributed by atoms with E-state index in [1.54, 1.807) is 13.2 Å². The summed E-state index contributed by atoms with van der Waals surface area (Å²) in [5.74, 6) is -0.0130. The number of amides is 1. The minimum Gasteiger partial charge on any atom is -0.497 e. The second-order valence-electron chi connectivity index (χ2n) is 8.04. The molecule has 2 fully saturated rings. The summed E-state index contributed by atoms with van der Waals surface area (Å²) in [6.07, 6.45) is 1.00. The fraction of sp³-hybridized carbons (Fsp3) is 0.409. The Hall–Kier alpha value is -2.45. The monoisotopic (exact) mass is 432 g/mol. The number of sulfonamides is 1. The lowest BCUT2D eigenvalue weighted by molar-refractivity contribution is -0.165. The smallest absolute Gasteiger partial charge is 0.231 e. The van der Waals surface area contributed by atoms with Gasteiger partial charge < -0.3 is 9.64 Å². The van der Waals surface area contributed by atoms with E-state index in [2.05, 4.69) is 0 Å². The zero-order valence-electron chi connectivity index (χ0n) is 16.9. The van der Waals surface area contributed by atoms with Gasteiger partial charge in [0, 0.05) is 31.7 Å². The summed E-state index contributed by atoms with van der Waals surface area (Å²) in [5.41, 5.74) is 0.739. The quantitative estimate of drug-likeness (QED) is 0.659. The van der Waals surface area contributed by atoms with Crippen molar-refractivity contribution in [1.82, 2.24) is 9.21 Å². The molecule has 0 unspecified atom stereocenters. The van der Waals surface area contributed by atoms with E-state index in [9.17, 15) is 17.6 Å². The molecule has 2 heterocycles. The van der Waals surface area contributed by atoms with E-state index in [-0.39, 0.29) is 17.2 Å². The van der Waals surface area contributed by atoms with Crippen LogP contribution in [0.2, 0.25) is 0 Å². The molecular formula is C22H25FN2O4S. The van der Waals surface area contributed by atoms with Gasteiger partial charge in [-0.1, -0.05) is 30.3 Å². The maximum atomic E-state index is 13.8. The van der Waals surface area contributed by atoms with Crippen molar-refractivity contribution in [2.24, 2.45) is 5.41 Å². The van der Waals surface area contributed by atoms with Crippen molar-refractivity contribution in [3.05, 3.63) is 65.5 Å². The Morgan fingerprint density at radius 1 is 1.07 bits per heavy atom. The van der Waals surface area contributed by atoms with Gasteiger partial charge >= 0.3 is 0 Å². The number of carbonyl (C=O) groups excluding carboxylic acids is 1. The molecule has 0 radical (unpaired) electrons. The molecule has 8 heteroatoms. The van der Waals surface area contributed by atoms with Gasteiger partial charge in [-0.25, -0.2) is 17.1 Å². The van der Waals surface area contributed by atoms with Gasteiger partial charge in [0.15, 0.2) is 0 Å². The molecule has 2 aliphatic rings. The molecule has 2 aliphatic heterocycles. The number of piperidine rings is 1. The van der Waals surface area contributed by atoms with Gasteiger partial charge in [-0.05, 0) is 36.6 Å². The third-order valence-corrected chi connectivity index (χ3v) is 7.96. The predicted molar refractivity (Wildman–Crippen MR) is 111 cm³/mol. The number of nitrogens with zero attached hydrogens (tertiary/aromatic N) is 2. The van der Waals surface area contributed by atoms with Gasteiger partial charge in [0.1, 0.15) is 11.6 Å². The number of hydrogen-bond acceptors (Lipinski definition) is 4. The molecule has 2 saturated heterocycles. The number of halogens is 1. The van der Waals surface area contributed by atoms with E-state index in [4.69, 9.17) is 4.74 Å². The first-order valence-electron chi connectivity index (χ1n) is 9.97. The Labute approximate surface area is 176 Å². The Kier molecular flexibility index (Phi) is 5.55. The topological polar surface area (TPSA) is 66.9 Å². The van der Waals surface area contributed by atoms with Crippen molar-refractivity contribution in [3.8, 4) is 5.75 Å². The molecule has 0 aliphatic carbocycles. The van der Waals surface area contributed by atoms with Crippen molar-refractivity contribution in [3.63, 3.8) is 0 Å². The number of β-lactam (4-membered cyclic amide) rings is 1. The summed E-state index contributed by atoms with van der Waals surface area (Å²) in [7, 11) is -2.01. The lowest BCUT2D eigenvalue weighted by Gasteiger charge is -2.52. The van der Waals surface area contributed by atoms with Crippen molar-refractivity contribution in [2.45, 2.75) is 25.1 Å². The van der Waals surface area contributed by atoms with Gasteiger partial charge in [0.05, 0.1) is 18.3 Å². The lowest BCUT2D eigenvalue weighted by atomic mass is 9.71. The Morgan fingerprint density at radius 2 is 1.73 bits per heavy atom. The van der Waals surface area contributed by atoms with Crippen LogP contribution in [0.25, 0.3) is 0 Å². The third-order valence-electron chi connectivity index (χ3n) is 6.14. The number of methoxy groups -OCH3 is 1. The van der Waals surface area contributed by atoms with E-state index in [1.165, 1.54) is 22.5 Å². The molecule has 4 rings (SSSR count). The fourth-order valence-corrected chi connectivity index (χ4v) is 5.84. The van der Waals surface area contributed by atoms with E-state index in [0.717, 1.165) is 11.3 Å². The largest absolute Gasteiger partial charge is 0.497 e. The molecule has 2 aromatic carbocycles. The Balaban J connectivity index is 1.34. The van der Waals surface area contributed by atoms with Crippen molar-refractivity contribution >= 4 is 15.9 Å². The molecule has 0 saturated carbocycles. The molecule has 0 N–H and O–H groups in total. The number of likely N-dealkylation sites (tertiary alicyclic amines) is 1. The van der Waals surface area contributed by atoms with Crippen molar-refractivity contribution in [1.29, 1.82) is 0 Å². The van der Waals surface area contributed by atoms with Crippen LogP contribution in [-0.2, 0) is 27.1 Å². The molecule has 2 aromatic rings. The molecule has 0 aromatic heterocycles. The first-order valence-corrected chi connectivity index (χ1v) is 11.6. The Bertz CT molecular complexity index is 1030. The van der Waals surface area contributed by atoms with Crippen molar-refractivity contribution < 1.29 is 22.3 Å². The van der Waals surface area contributed by atoms with Crippen LogP contribution in [0.3, 0.4) is 0 Å². The molecule has 30 heavy (non-hydrogen) atoms. The average Bonchev–Trinajstić information content (AvgIpc) is 2.75. The second kappa shape index (κ2) is 8.00. The van der Waals surface area contributed by atoms with Crippen LogP contribution in [-0.4, -0.2) is 50.3 Å². The summed E-state index contributed by atoms with van der Waals surface area (Å²) in [5, 5.41) is 0. The number of benzene rings is 2. The van der Waals surface area contributed by atoms with Gasteiger partial charge in [-0.3, -0.25) is 4.79 Å². The molecule has 0 atom stereocenters. The van der Waals surface area contributed by atoms with Crippen LogP contribution < -0.4 is 4.74 Å². The SMILES string of the molecule is COc1ccc(CN2CC3(CCN(S(=O)(=O)Cc4ccccc4F)CC3)C2=O)cc1. The van der Waals surface area contributed by atoms with E-state index in [1.807, 2.05) is 29.2 Å². The molecule has 1 amide bonds. The summed E-state index contributed by atoms with van der Waals surface area (Å²) in [6, 6.07) is 13.5. The first-order chi connectivity index (χ1) is 14.3. The summed E-state index contributed by atoms with van der Waals surface area (Å²) in [4.78, 5) is 14.7. The number of carbonyl (C=O) groups is 1. The highest BCUT2D eigenvalue weighted by atomic mass is 32.2. The highest BCUT2D eigenvalue weighted by molar-refractivity contribution is 7.88. The fourth-order valence-electron chi connectivity index (χ4n) is 4.30. The molecule has 0 bridgehead atoms. The minimum atomic E-state index is -3.62. The van der Waals surface area contributed by atoms with Crippen LogP contribution in [0.1, 0.15) is 24.0 Å². The van der Waals surface area contributed by atoms with Crippen molar-refractivity contribution in [2.75, 3.05) is 26.7 Å². The van der Waals surface area contributed by atoms with E-state index >= 15 is 0 Å². The minimum absolute atomic E-state index is 0.0875. The van der Waals surface area contributed by atoms with Gasteiger partial charge in [0.25, 0.3) is 0 Å². The molecule has 1 spiro atoms. The number of rotatable bonds is 6. The normalized spacial score (nSPS) is 19.0. The maximum Gasteiger partial charge on any atom is 0.231 e. The van der Waals surface area contributed by atoms with Crippen LogP contribution in [0.4, 0.5) is 4.39 Å². The highest BCUT2D eigenvalue weighted by Crippen LogP contribution is 2.43. The Morgan fingerprint density at radius 3 is 2.33 bits per heavy atom. The number of hydrogen-bond donors (Lipinski definition) is 0. The van der Waals surface area contributed by atoms with Crippen LogP contribution in [0.15, 0.2) is 48.5 Å². The summed E-state index contributed by atoms with van der Waals surface area (Å²) >= 11 is 0.